The lowest BCUT2D eigenvalue weighted by Crippen LogP contribution is -2.16. The minimum atomic E-state index is -0.466. The fourth-order valence-electron chi connectivity index (χ4n) is 8.10. The molecule has 56 heavy (non-hydrogen) atoms. The van der Waals surface area contributed by atoms with E-state index in [2.05, 4.69) is 32.0 Å². The summed E-state index contributed by atoms with van der Waals surface area (Å²) in [5.74, 6) is 0. The first-order valence-electron chi connectivity index (χ1n) is 22.9. The van der Waals surface area contributed by atoms with E-state index in [1.807, 2.05) is 121 Å². The van der Waals surface area contributed by atoms with Crippen molar-refractivity contribution in [3.8, 4) is 55.6 Å². The van der Waals surface area contributed by atoms with Gasteiger partial charge in [-0.05, 0) is 120 Å². The molecule has 1 heteroatoms. The average molecular weight is 724 g/mol. The fraction of sp³-hybridized carbons (Fsp3) is 0.0545. The smallest absolute Gasteiger partial charge is 0.0645 e. The van der Waals surface area contributed by atoms with Crippen LogP contribution < -0.4 is 4.90 Å². The van der Waals surface area contributed by atoms with Gasteiger partial charge in [-0.15, -0.1) is 0 Å². The molecule has 9 aromatic carbocycles. The molecular weight excluding hydrogens is 675 g/mol. The molecule has 0 amide bonds. The summed E-state index contributed by atoms with van der Waals surface area (Å²) >= 11 is 0. The molecule has 1 aliphatic rings. The van der Waals surface area contributed by atoms with Crippen LogP contribution in [-0.4, -0.2) is 0 Å². The van der Waals surface area contributed by atoms with Gasteiger partial charge in [0.2, 0.25) is 0 Å². The molecule has 9 aromatic rings. The van der Waals surface area contributed by atoms with E-state index in [0.29, 0.717) is 16.8 Å². The second-order valence-electron chi connectivity index (χ2n) is 14.7. The summed E-state index contributed by atoms with van der Waals surface area (Å²) in [6.45, 7) is 4.24. The number of anilines is 3. The molecule has 0 aromatic heterocycles. The molecule has 0 atom stereocenters. The van der Waals surface area contributed by atoms with Crippen LogP contribution in [0.2, 0.25) is 0 Å². The first-order valence-corrected chi connectivity index (χ1v) is 18.9. The molecule has 1 nitrogen and oxygen atoms in total. The molecule has 1 aliphatic carbocycles. The first kappa shape index (κ1) is 26.0. The maximum absolute atomic E-state index is 9.68. The molecule has 0 aliphatic heterocycles. The SMILES string of the molecule is [2H]c1c([2H])c(N(c2ccc3c(c2)C(C)(C)c2ccccc2-3)c2c([2H])c([2H])c(-c3cccc(-c4cccc5ccccc45)c3)c([2H])c2[2H])c([2H])c([2H])c1-c1ccc(-c2ccccc2)cc1. The van der Waals surface area contributed by atoms with E-state index in [4.69, 9.17) is 0 Å². The maximum atomic E-state index is 9.68. The van der Waals surface area contributed by atoms with Gasteiger partial charge in [-0.1, -0.05) is 184 Å². The normalized spacial score (nSPS) is 14.6. The Morgan fingerprint density at radius 3 is 1.62 bits per heavy atom. The Bertz CT molecular complexity index is 3280. The molecule has 0 spiro atoms. The Morgan fingerprint density at radius 2 is 0.875 bits per heavy atom. The number of nitrogens with zero attached hydrogens (tertiary/aromatic N) is 1. The standard InChI is InChI=1S/C55H41N/c1-55(2)53-21-9-8-19-51(53)52-35-34-48(37-54(52)55)56(46-30-26-41(27-31-46)40-24-22-39(23-25-40)38-12-4-3-5-13-38)47-32-28-42(29-33-47)44-16-10-17-45(36-44)50-20-11-15-43-14-6-7-18-49(43)50/h3-37H,1-2H3/i26D,27D,28D,29D,30D,31D,32D,33D. The second kappa shape index (κ2) is 13.7. The van der Waals surface area contributed by atoms with Crippen LogP contribution in [0.4, 0.5) is 17.1 Å². The van der Waals surface area contributed by atoms with Crippen LogP contribution in [0.25, 0.3) is 66.4 Å². The topological polar surface area (TPSA) is 3.24 Å². The van der Waals surface area contributed by atoms with Crippen LogP contribution in [0, 0.1) is 0 Å². The molecule has 0 bridgehead atoms. The van der Waals surface area contributed by atoms with E-state index in [1.54, 1.807) is 24.3 Å². The van der Waals surface area contributed by atoms with Gasteiger partial charge in [-0.25, -0.2) is 0 Å². The Hall–Kier alpha value is -6.96. The highest BCUT2D eigenvalue weighted by Crippen LogP contribution is 2.50. The zero-order valence-corrected chi connectivity index (χ0v) is 31.0. The molecule has 0 unspecified atom stereocenters. The van der Waals surface area contributed by atoms with Gasteiger partial charge in [-0.3, -0.25) is 0 Å². The predicted molar refractivity (Wildman–Crippen MR) is 238 cm³/mol. The lowest BCUT2D eigenvalue weighted by molar-refractivity contribution is 0.660. The monoisotopic (exact) mass is 723 g/mol. The highest BCUT2D eigenvalue weighted by Gasteiger charge is 2.35. The Kier molecular flexibility index (Phi) is 6.36. The Morgan fingerprint density at radius 1 is 0.357 bits per heavy atom. The van der Waals surface area contributed by atoms with Crippen LogP contribution in [0.1, 0.15) is 35.9 Å². The van der Waals surface area contributed by atoms with Gasteiger partial charge in [0, 0.05) is 22.5 Å². The van der Waals surface area contributed by atoms with Gasteiger partial charge in [-0.2, -0.15) is 0 Å². The van der Waals surface area contributed by atoms with Crippen LogP contribution in [0.3, 0.4) is 0 Å². The third-order valence-corrected chi connectivity index (χ3v) is 11.0. The van der Waals surface area contributed by atoms with Crippen molar-refractivity contribution >= 4 is 27.8 Å². The van der Waals surface area contributed by atoms with Crippen LogP contribution in [-0.2, 0) is 5.41 Å². The van der Waals surface area contributed by atoms with E-state index in [9.17, 15) is 11.0 Å². The molecule has 0 heterocycles. The van der Waals surface area contributed by atoms with Crippen molar-refractivity contribution in [1.29, 1.82) is 0 Å². The zero-order chi connectivity index (χ0) is 44.6. The molecule has 0 radical (unpaired) electrons. The average Bonchev–Trinajstić information content (AvgIpc) is 3.55. The van der Waals surface area contributed by atoms with Gasteiger partial charge >= 0.3 is 0 Å². The summed E-state index contributed by atoms with van der Waals surface area (Å²) in [5, 5.41) is 2.12. The number of hydrogen-bond donors (Lipinski definition) is 0. The van der Waals surface area contributed by atoms with Gasteiger partial charge in [0.15, 0.2) is 0 Å². The maximum Gasteiger partial charge on any atom is 0.0645 e. The van der Waals surface area contributed by atoms with Crippen molar-refractivity contribution in [2.24, 2.45) is 0 Å². The van der Waals surface area contributed by atoms with Gasteiger partial charge < -0.3 is 4.90 Å². The van der Waals surface area contributed by atoms with Crippen LogP contribution in [0.15, 0.2) is 212 Å². The number of rotatable bonds is 7. The van der Waals surface area contributed by atoms with E-state index in [1.165, 1.54) is 4.90 Å². The lowest BCUT2D eigenvalue weighted by atomic mass is 9.82. The van der Waals surface area contributed by atoms with Crippen molar-refractivity contribution in [3.05, 3.63) is 223 Å². The number of fused-ring (bicyclic) bond motifs is 4. The second-order valence-corrected chi connectivity index (χ2v) is 14.7. The Balaban J connectivity index is 1.17. The van der Waals surface area contributed by atoms with Crippen molar-refractivity contribution in [2.45, 2.75) is 19.3 Å². The van der Waals surface area contributed by atoms with E-state index in [0.717, 1.165) is 55.3 Å². The summed E-state index contributed by atoms with van der Waals surface area (Å²) < 4.78 is 76.5. The summed E-state index contributed by atoms with van der Waals surface area (Å²) in [6.07, 6.45) is 0. The minimum Gasteiger partial charge on any atom is -0.310 e. The molecule has 0 N–H and O–H groups in total. The van der Waals surface area contributed by atoms with Crippen molar-refractivity contribution in [3.63, 3.8) is 0 Å². The molecule has 266 valence electrons. The third-order valence-electron chi connectivity index (χ3n) is 11.0. The zero-order valence-electron chi connectivity index (χ0n) is 39.0. The molecular formula is C55H41N. The van der Waals surface area contributed by atoms with Crippen molar-refractivity contribution < 1.29 is 11.0 Å². The number of hydrogen-bond acceptors (Lipinski definition) is 1. The largest absolute Gasteiger partial charge is 0.310 e. The van der Waals surface area contributed by atoms with Crippen LogP contribution >= 0.6 is 0 Å². The molecule has 0 saturated heterocycles. The molecule has 0 saturated carbocycles. The van der Waals surface area contributed by atoms with Crippen LogP contribution in [0.5, 0.6) is 0 Å². The summed E-state index contributed by atoms with van der Waals surface area (Å²) in [6, 6.07) is 50.0. The van der Waals surface area contributed by atoms with Crippen molar-refractivity contribution in [2.75, 3.05) is 4.90 Å². The fourth-order valence-corrected chi connectivity index (χ4v) is 8.10. The third kappa shape index (κ3) is 5.90. The first-order chi connectivity index (χ1) is 30.9. The summed E-state index contributed by atoms with van der Waals surface area (Å²) in [4.78, 5) is 1.40. The van der Waals surface area contributed by atoms with Gasteiger partial charge in [0.05, 0.1) is 11.0 Å². The highest BCUT2D eigenvalue weighted by molar-refractivity contribution is 5.97. The Labute approximate surface area is 341 Å². The highest BCUT2D eigenvalue weighted by atomic mass is 15.1. The summed E-state index contributed by atoms with van der Waals surface area (Å²) in [7, 11) is 0. The van der Waals surface area contributed by atoms with E-state index >= 15 is 0 Å². The lowest BCUT2D eigenvalue weighted by Gasteiger charge is -2.28. The van der Waals surface area contributed by atoms with Gasteiger partial charge in [0.25, 0.3) is 0 Å². The van der Waals surface area contributed by atoms with E-state index < -0.39 is 5.41 Å². The van der Waals surface area contributed by atoms with Gasteiger partial charge in [0.1, 0.15) is 0 Å². The quantitative estimate of drug-likeness (QED) is 0.158. The predicted octanol–water partition coefficient (Wildman–Crippen LogP) is 15.3. The van der Waals surface area contributed by atoms with E-state index in [-0.39, 0.29) is 70.8 Å². The number of benzene rings is 9. The van der Waals surface area contributed by atoms with Crippen molar-refractivity contribution in [1.82, 2.24) is 0 Å². The minimum absolute atomic E-state index is 0.111. The molecule has 10 rings (SSSR count). The molecule has 0 fully saturated rings. The summed E-state index contributed by atoms with van der Waals surface area (Å²) in [5.41, 5.74) is 8.70.